The lowest BCUT2D eigenvalue weighted by Gasteiger charge is -2.15. The van der Waals surface area contributed by atoms with Gasteiger partial charge in [0, 0.05) is 16.0 Å². The van der Waals surface area contributed by atoms with Gasteiger partial charge in [0.05, 0.1) is 17.3 Å². The van der Waals surface area contributed by atoms with Gasteiger partial charge in [0.1, 0.15) is 11.1 Å². The molecule has 0 aliphatic carbocycles. The van der Waals surface area contributed by atoms with Gasteiger partial charge in [-0.25, -0.2) is 4.98 Å². The van der Waals surface area contributed by atoms with Crippen molar-refractivity contribution in [3.8, 4) is 6.07 Å². The van der Waals surface area contributed by atoms with Crippen molar-refractivity contribution in [3.63, 3.8) is 0 Å². The Morgan fingerprint density at radius 3 is 2.86 bits per heavy atom. The van der Waals surface area contributed by atoms with Crippen LogP contribution in [0, 0.1) is 11.3 Å². The van der Waals surface area contributed by atoms with E-state index in [0.29, 0.717) is 0 Å². The minimum Gasteiger partial charge on any atom is -0.375 e. The van der Waals surface area contributed by atoms with Crippen molar-refractivity contribution in [2.45, 2.75) is 38.1 Å². The van der Waals surface area contributed by atoms with Crippen LogP contribution in [0.2, 0.25) is 0 Å². The molecule has 0 saturated carbocycles. The van der Waals surface area contributed by atoms with E-state index in [1.807, 2.05) is 24.4 Å². The summed E-state index contributed by atoms with van der Waals surface area (Å²) in [5, 5.41) is 13.9. The first-order chi connectivity index (χ1) is 10.2. The van der Waals surface area contributed by atoms with Crippen LogP contribution in [0.15, 0.2) is 29.3 Å². The van der Waals surface area contributed by atoms with E-state index < -0.39 is 0 Å². The summed E-state index contributed by atoms with van der Waals surface area (Å²) < 4.78 is 0. The van der Waals surface area contributed by atoms with Crippen LogP contribution in [0.3, 0.4) is 0 Å². The average Bonchev–Trinajstić information content (AvgIpc) is 2.97. The number of rotatable bonds is 6. The molecule has 0 radical (unpaired) electrons. The average molecular weight is 317 g/mol. The minimum absolute atomic E-state index is 0.101. The molecule has 0 spiro atoms. The fourth-order valence-corrected chi connectivity index (χ4v) is 3.67. The fourth-order valence-electron chi connectivity index (χ4n) is 2.02. The van der Waals surface area contributed by atoms with E-state index in [0.717, 1.165) is 33.3 Å². The fraction of sp³-hybridized carbons (Fsp3) is 0.375. The maximum Gasteiger partial charge on any atom is 0.115 e. The van der Waals surface area contributed by atoms with Crippen LogP contribution in [-0.2, 0) is 6.42 Å². The molecule has 1 atom stereocenters. The summed E-state index contributed by atoms with van der Waals surface area (Å²) in [5.41, 5.74) is 1.61. The SMILES string of the molecule is CCSc1cccc(NC(C)c2ncc(CC)s2)c1C#N. The lowest BCUT2D eigenvalue weighted by molar-refractivity contribution is 0.867. The number of nitriles is 1. The van der Waals surface area contributed by atoms with E-state index in [1.54, 1.807) is 23.1 Å². The smallest absolute Gasteiger partial charge is 0.115 e. The van der Waals surface area contributed by atoms with Gasteiger partial charge >= 0.3 is 0 Å². The van der Waals surface area contributed by atoms with Crippen molar-refractivity contribution in [1.29, 1.82) is 5.26 Å². The van der Waals surface area contributed by atoms with Crippen molar-refractivity contribution in [3.05, 3.63) is 39.8 Å². The highest BCUT2D eigenvalue weighted by Gasteiger charge is 2.14. The van der Waals surface area contributed by atoms with Crippen molar-refractivity contribution in [2.24, 2.45) is 0 Å². The second-order valence-electron chi connectivity index (χ2n) is 4.61. The van der Waals surface area contributed by atoms with Gasteiger partial charge in [-0.1, -0.05) is 19.9 Å². The van der Waals surface area contributed by atoms with Crippen molar-refractivity contribution in [2.75, 3.05) is 11.1 Å². The Bertz CT molecular complexity index is 643. The summed E-state index contributed by atoms with van der Waals surface area (Å²) in [6.07, 6.45) is 2.95. The Morgan fingerprint density at radius 1 is 1.43 bits per heavy atom. The van der Waals surface area contributed by atoms with Gasteiger partial charge in [0.2, 0.25) is 0 Å². The second kappa shape index (κ2) is 7.48. The highest BCUT2D eigenvalue weighted by molar-refractivity contribution is 7.99. The number of anilines is 1. The summed E-state index contributed by atoms with van der Waals surface area (Å²) in [6.45, 7) is 6.31. The molecule has 0 aliphatic heterocycles. The number of benzene rings is 1. The summed E-state index contributed by atoms with van der Waals surface area (Å²) in [7, 11) is 0. The zero-order chi connectivity index (χ0) is 15.2. The van der Waals surface area contributed by atoms with E-state index in [9.17, 15) is 5.26 Å². The van der Waals surface area contributed by atoms with E-state index in [-0.39, 0.29) is 6.04 Å². The molecule has 1 aromatic carbocycles. The molecule has 110 valence electrons. The third-order valence-electron chi connectivity index (χ3n) is 3.10. The number of aromatic nitrogens is 1. The van der Waals surface area contributed by atoms with E-state index in [2.05, 4.69) is 37.1 Å². The van der Waals surface area contributed by atoms with Gasteiger partial charge < -0.3 is 5.32 Å². The number of hydrogen-bond acceptors (Lipinski definition) is 5. The maximum absolute atomic E-state index is 9.44. The first-order valence-corrected chi connectivity index (χ1v) is 8.86. The lowest BCUT2D eigenvalue weighted by atomic mass is 10.2. The molecule has 21 heavy (non-hydrogen) atoms. The van der Waals surface area contributed by atoms with Gasteiger partial charge in [0.25, 0.3) is 0 Å². The van der Waals surface area contributed by atoms with Gasteiger partial charge in [-0.15, -0.1) is 23.1 Å². The molecule has 1 N–H and O–H groups in total. The molecule has 3 nitrogen and oxygen atoms in total. The monoisotopic (exact) mass is 317 g/mol. The van der Waals surface area contributed by atoms with Crippen molar-refractivity contribution >= 4 is 28.8 Å². The highest BCUT2D eigenvalue weighted by atomic mass is 32.2. The second-order valence-corrected chi connectivity index (χ2v) is 7.06. The van der Waals surface area contributed by atoms with E-state index >= 15 is 0 Å². The molecule has 0 saturated heterocycles. The third kappa shape index (κ3) is 3.78. The zero-order valence-corrected chi connectivity index (χ0v) is 14.1. The predicted molar refractivity (Wildman–Crippen MR) is 91.1 cm³/mol. The molecule has 0 amide bonds. The van der Waals surface area contributed by atoms with Crippen LogP contribution < -0.4 is 5.32 Å². The van der Waals surface area contributed by atoms with E-state index in [1.165, 1.54) is 4.88 Å². The summed E-state index contributed by atoms with van der Waals surface area (Å²) in [4.78, 5) is 6.78. The molecular formula is C16H19N3S2. The Kier molecular flexibility index (Phi) is 5.66. The molecule has 0 aliphatic rings. The van der Waals surface area contributed by atoms with Gasteiger partial charge in [0.15, 0.2) is 0 Å². The number of aryl methyl sites for hydroxylation is 1. The van der Waals surface area contributed by atoms with Crippen molar-refractivity contribution in [1.82, 2.24) is 4.98 Å². The number of thioether (sulfide) groups is 1. The number of hydrogen-bond donors (Lipinski definition) is 1. The molecular weight excluding hydrogens is 298 g/mol. The largest absolute Gasteiger partial charge is 0.375 e. The Morgan fingerprint density at radius 2 is 2.24 bits per heavy atom. The van der Waals surface area contributed by atoms with Crippen molar-refractivity contribution < 1.29 is 0 Å². The number of thiazole rings is 1. The predicted octanol–water partition coefficient (Wildman–Crippen LogP) is 4.86. The number of nitrogens with one attached hydrogen (secondary N) is 1. The third-order valence-corrected chi connectivity index (χ3v) is 5.36. The normalized spacial score (nSPS) is 11.9. The summed E-state index contributed by atoms with van der Waals surface area (Å²) in [6, 6.07) is 8.38. The molecule has 1 heterocycles. The Hall–Kier alpha value is -1.51. The lowest BCUT2D eigenvalue weighted by Crippen LogP contribution is -2.07. The van der Waals surface area contributed by atoms with Crippen LogP contribution in [0.25, 0.3) is 0 Å². The van der Waals surface area contributed by atoms with Crippen LogP contribution in [-0.4, -0.2) is 10.7 Å². The van der Waals surface area contributed by atoms with Gasteiger partial charge in [-0.05, 0) is 31.2 Å². The topological polar surface area (TPSA) is 48.7 Å². The molecule has 5 heteroatoms. The van der Waals surface area contributed by atoms with Crippen LogP contribution in [0.5, 0.6) is 0 Å². The van der Waals surface area contributed by atoms with E-state index in [4.69, 9.17) is 0 Å². The Labute approximate surface area is 134 Å². The van der Waals surface area contributed by atoms with Crippen LogP contribution in [0.1, 0.15) is 42.3 Å². The maximum atomic E-state index is 9.44. The molecule has 0 fully saturated rings. The summed E-state index contributed by atoms with van der Waals surface area (Å²) >= 11 is 3.42. The van der Waals surface area contributed by atoms with Crippen LogP contribution in [0.4, 0.5) is 5.69 Å². The number of nitrogens with zero attached hydrogens (tertiary/aromatic N) is 2. The molecule has 1 unspecified atom stereocenters. The molecule has 2 aromatic rings. The van der Waals surface area contributed by atoms with Gasteiger partial charge in [-0.2, -0.15) is 5.26 Å². The standard InChI is InChI=1S/C16H19N3S2/c1-4-12-10-18-16(21-12)11(3)19-14-7-6-8-15(20-5-2)13(14)9-17/h6-8,10-11,19H,4-5H2,1-3H3. The Balaban J connectivity index is 2.22. The molecule has 0 bridgehead atoms. The first kappa shape index (κ1) is 15.9. The zero-order valence-electron chi connectivity index (χ0n) is 12.5. The quantitative estimate of drug-likeness (QED) is 0.773. The molecule has 1 aromatic heterocycles. The highest BCUT2D eigenvalue weighted by Crippen LogP contribution is 2.31. The van der Waals surface area contributed by atoms with Crippen LogP contribution >= 0.6 is 23.1 Å². The minimum atomic E-state index is 0.101. The van der Waals surface area contributed by atoms with Gasteiger partial charge in [-0.3, -0.25) is 0 Å². The first-order valence-electron chi connectivity index (χ1n) is 7.06. The summed E-state index contributed by atoms with van der Waals surface area (Å²) in [5.74, 6) is 0.958. The molecule has 2 rings (SSSR count).